The molecule has 1 unspecified atom stereocenters. The van der Waals surface area contributed by atoms with E-state index in [0.29, 0.717) is 0 Å². The summed E-state index contributed by atoms with van der Waals surface area (Å²) in [5.41, 5.74) is 16.4. The fourth-order valence-corrected chi connectivity index (χ4v) is 3.80. The van der Waals surface area contributed by atoms with Gasteiger partial charge in [0.15, 0.2) is 11.5 Å². The van der Waals surface area contributed by atoms with Crippen molar-refractivity contribution in [1.29, 1.82) is 0 Å². The molecule has 11 N–H and O–H groups in total. The zero-order valence-corrected chi connectivity index (χ0v) is 15.2. The average Bonchev–Trinajstić information content (AvgIpc) is 2.60. The van der Waals surface area contributed by atoms with Gasteiger partial charge in [-0.2, -0.15) is 0 Å². The second kappa shape index (κ2) is 9.85. The van der Waals surface area contributed by atoms with E-state index in [0.717, 1.165) is 23.5 Å². The number of aromatic hydroxyl groups is 2. The molecule has 146 valence electrons. The molecule has 0 spiro atoms. The fraction of sp³-hybridized carbons (Fsp3) is 0.429. The van der Waals surface area contributed by atoms with Gasteiger partial charge in [-0.1, -0.05) is 0 Å². The normalized spacial score (nSPS) is 14.6. The minimum atomic E-state index is -1.24. The minimum absolute atomic E-state index is 0.0454. The van der Waals surface area contributed by atoms with E-state index in [1.807, 2.05) is 0 Å². The number of phenols is 2. The van der Waals surface area contributed by atoms with Gasteiger partial charge < -0.3 is 42.7 Å². The van der Waals surface area contributed by atoms with Crippen LogP contribution in [0.2, 0.25) is 0 Å². The molecular formula is C14H21N3O7S2. The standard InChI is InChI=1S/C14H21N3O7S2/c15-2-8(18)5-1-9(25-3-6(16)13(21)22)10(19)11(20)12(5)26-4-7(17)14(23)24/h1,6-8,18-20H,2-4,15-17H2,(H,21,22)(H,23,24)/t6-,7-,8?/m0/s1. The number of benzene rings is 1. The van der Waals surface area contributed by atoms with E-state index in [9.17, 15) is 24.9 Å². The number of phenolic OH excluding ortho intramolecular Hbond substituents is 2. The van der Waals surface area contributed by atoms with Gasteiger partial charge in [-0.05, 0) is 6.07 Å². The van der Waals surface area contributed by atoms with Crippen molar-refractivity contribution in [2.45, 2.75) is 28.0 Å². The van der Waals surface area contributed by atoms with Gasteiger partial charge in [0.1, 0.15) is 12.1 Å². The van der Waals surface area contributed by atoms with Crippen LogP contribution in [0.1, 0.15) is 11.7 Å². The summed E-state index contributed by atoms with van der Waals surface area (Å²) in [5.74, 6) is -3.79. The van der Waals surface area contributed by atoms with Gasteiger partial charge in [0, 0.05) is 23.6 Å². The number of carbonyl (C=O) groups is 2. The van der Waals surface area contributed by atoms with E-state index in [1.165, 1.54) is 6.07 Å². The molecule has 1 rings (SSSR count). The molecule has 12 heteroatoms. The maximum Gasteiger partial charge on any atom is 0.321 e. The first-order valence-electron chi connectivity index (χ1n) is 7.29. The van der Waals surface area contributed by atoms with Crippen LogP contribution in [0.25, 0.3) is 0 Å². The lowest BCUT2D eigenvalue weighted by molar-refractivity contribution is -0.138. The van der Waals surface area contributed by atoms with Crippen LogP contribution in [-0.4, -0.2) is 67.6 Å². The summed E-state index contributed by atoms with van der Waals surface area (Å²) < 4.78 is 0. The molecule has 0 bridgehead atoms. The third-order valence-electron chi connectivity index (χ3n) is 3.26. The lowest BCUT2D eigenvalue weighted by Gasteiger charge is -2.19. The van der Waals surface area contributed by atoms with E-state index in [4.69, 9.17) is 27.4 Å². The quantitative estimate of drug-likeness (QED) is 0.175. The van der Waals surface area contributed by atoms with Crippen molar-refractivity contribution in [3.63, 3.8) is 0 Å². The number of aliphatic hydroxyl groups is 1. The van der Waals surface area contributed by atoms with Gasteiger partial charge >= 0.3 is 11.9 Å². The molecule has 0 aromatic heterocycles. The fourth-order valence-electron chi connectivity index (χ4n) is 1.77. The zero-order chi connectivity index (χ0) is 20.0. The summed E-state index contributed by atoms with van der Waals surface area (Å²) in [6, 6.07) is -1.06. The van der Waals surface area contributed by atoms with Gasteiger partial charge in [0.25, 0.3) is 0 Å². The Morgan fingerprint density at radius 1 is 1.00 bits per heavy atom. The van der Waals surface area contributed by atoms with E-state index in [-0.39, 0.29) is 33.4 Å². The number of thioether (sulfide) groups is 2. The van der Waals surface area contributed by atoms with Crippen LogP contribution in [0, 0.1) is 0 Å². The zero-order valence-electron chi connectivity index (χ0n) is 13.5. The van der Waals surface area contributed by atoms with Gasteiger partial charge in [-0.15, -0.1) is 23.5 Å². The number of rotatable bonds is 10. The molecule has 0 aliphatic rings. The molecule has 0 fully saturated rings. The first-order valence-corrected chi connectivity index (χ1v) is 9.26. The average molecular weight is 407 g/mol. The van der Waals surface area contributed by atoms with E-state index >= 15 is 0 Å². The van der Waals surface area contributed by atoms with Crippen molar-refractivity contribution in [2.75, 3.05) is 18.1 Å². The Labute approximate surface area is 157 Å². The third-order valence-corrected chi connectivity index (χ3v) is 5.66. The number of carboxylic acid groups (broad SMARTS) is 2. The maximum absolute atomic E-state index is 10.8. The highest BCUT2D eigenvalue weighted by molar-refractivity contribution is 8.00. The Kier molecular flexibility index (Phi) is 8.46. The molecule has 0 radical (unpaired) electrons. The van der Waals surface area contributed by atoms with Gasteiger partial charge in [-0.3, -0.25) is 9.59 Å². The molecule has 0 amide bonds. The molecule has 0 saturated heterocycles. The molecule has 0 aliphatic carbocycles. The molecule has 10 nitrogen and oxygen atoms in total. The van der Waals surface area contributed by atoms with Crippen molar-refractivity contribution in [2.24, 2.45) is 17.2 Å². The number of aliphatic carboxylic acids is 2. The summed E-state index contributed by atoms with van der Waals surface area (Å²) in [6.45, 7) is -0.193. The van der Waals surface area contributed by atoms with Crippen molar-refractivity contribution in [1.82, 2.24) is 0 Å². The number of hydrogen-bond donors (Lipinski definition) is 8. The summed E-state index contributed by atoms with van der Waals surface area (Å²) in [6.07, 6.45) is -1.20. The van der Waals surface area contributed by atoms with E-state index in [1.54, 1.807) is 0 Å². The van der Waals surface area contributed by atoms with Crippen LogP contribution in [-0.2, 0) is 9.59 Å². The predicted molar refractivity (Wildman–Crippen MR) is 96.5 cm³/mol. The highest BCUT2D eigenvalue weighted by Crippen LogP contribution is 2.46. The van der Waals surface area contributed by atoms with Gasteiger partial charge in [0.2, 0.25) is 0 Å². The Morgan fingerprint density at radius 2 is 1.50 bits per heavy atom. The number of aliphatic hydroxyl groups excluding tert-OH is 1. The number of nitrogens with two attached hydrogens (primary N) is 3. The maximum atomic E-state index is 10.8. The molecule has 1 aromatic rings. The van der Waals surface area contributed by atoms with Crippen LogP contribution < -0.4 is 17.2 Å². The molecule has 3 atom stereocenters. The Bertz CT molecular complexity index is 674. The summed E-state index contributed by atoms with van der Waals surface area (Å²) in [4.78, 5) is 21.8. The van der Waals surface area contributed by atoms with Crippen molar-refractivity contribution >= 4 is 35.5 Å². The number of hydrogen-bond acceptors (Lipinski definition) is 10. The minimum Gasteiger partial charge on any atom is -0.503 e. The van der Waals surface area contributed by atoms with Gasteiger partial charge in [-0.25, -0.2) is 0 Å². The monoisotopic (exact) mass is 407 g/mol. The van der Waals surface area contributed by atoms with Crippen LogP contribution in [0.4, 0.5) is 0 Å². The Balaban J connectivity index is 3.19. The molecule has 0 aliphatic heterocycles. The lowest BCUT2D eigenvalue weighted by Crippen LogP contribution is -2.32. The van der Waals surface area contributed by atoms with E-state index < -0.39 is 41.6 Å². The Hall–Kier alpha value is -1.70. The summed E-state index contributed by atoms with van der Waals surface area (Å²) in [5, 5.41) is 48.1. The number of carboxylic acids is 2. The smallest absolute Gasteiger partial charge is 0.321 e. The topological polar surface area (TPSA) is 213 Å². The summed E-state index contributed by atoms with van der Waals surface area (Å²) >= 11 is 1.73. The van der Waals surface area contributed by atoms with Crippen molar-refractivity contribution in [3.8, 4) is 11.5 Å². The molecular weight excluding hydrogens is 386 g/mol. The molecule has 1 aromatic carbocycles. The first kappa shape index (κ1) is 22.3. The molecule has 0 saturated carbocycles. The Morgan fingerprint density at radius 3 is 1.96 bits per heavy atom. The molecule has 0 heterocycles. The highest BCUT2D eigenvalue weighted by atomic mass is 32.2. The summed E-state index contributed by atoms with van der Waals surface area (Å²) in [7, 11) is 0. The highest BCUT2D eigenvalue weighted by Gasteiger charge is 2.24. The van der Waals surface area contributed by atoms with Gasteiger partial charge in [0.05, 0.1) is 15.9 Å². The van der Waals surface area contributed by atoms with Crippen molar-refractivity contribution < 1.29 is 35.1 Å². The second-order valence-electron chi connectivity index (χ2n) is 5.25. The van der Waals surface area contributed by atoms with Crippen LogP contribution in [0.5, 0.6) is 11.5 Å². The predicted octanol–water partition coefficient (Wildman–Crippen LogP) is -0.902. The lowest BCUT2D eigenvalue weighted by atomic mass is 10.1. The van der Waals surface area contributed by atoms with Crippen LogP contribution >= 0.6 is 23.5 Å². The molecule has 26 heavy (non-hydrogen) atoms. The van der Waals surface area contributed by atoms with Crippen LogP contribution in [0.3, 0.4) is 0 Å². The SMILES string of the molecule is NCC(O)c1cc(SC[C@H](N)C(=O)O)c(O)c(O)c1SC[C@H](N)C(=O)O. The third kappa shape index (κ3) is 5.65. The largest absolute Gasteiger partial charge is 0.503 e. The van der Waals surface area contributed by atoms with E-state index in [2.05, 4.69) is 0 Å². The van der Waals surface area contributed by atoms with Crippen molar-refractivity contribution in [3.05, 3.63) is 11.6 Å². The first-order chi connectivity index (χ1) is 12.1. The van der Waals surface area contributed by atoms with Crippen LogP contribution in [0.15, 0.2) is 15.9 Å². The second-order valence-corrected chi connectivity index (χ2v) is 7.35.